The first-order valence-electron chi connectivity index (χ1n) is 6.04. The fourth-order valence-electron chi connectivity index (χ4n) is 2.25. The minimum atomic E-state index is -4.65. The van der Waals surface area contributed by atoms with Gasteiger partial charge in [0.2, 0.25) is 5.78 Å². The molecular weight excluding hydrogens is 301 g/mol. The Morgan fingerprint density at radius 2 is 2.00 bits per heavy atom. The fourth-order valence-corrected chi connectivity index (χ4v) is 3.05. The highest BCUT2D eigenvalue weighted by molar-refractivity contribution is 7.18. The van der Waals surface area contributed by atoms with E-state index in [9.17, 15) is 18.0 Å². The molecular formula is C14H9F3N2OS. The standard InChI is InChI=1S/C14H9F3N2OS/c15-14(16,17)11-12(18)21-13(19-11)10(20)9-6-5-7-3-1-2-4-8(7)9/h1-4,6H,5,18H2. The molecule has 0 radical (unpaired) electrons. The average molecular weight is 310 g/mol. The van der Waals surface area contributed by atoms with Crippen LogP contribution in [-0.4, -0.2) is 10.8 Å². The summed E-state index contributed by atoms with van der Waals surface area (Å²) in [6.07, 6.45) is -2.36. The molecule has 21 heavy (non-hydrogen) atoms. The molecule has 1 aromatic heterocycles. The smallest absolute Gasteiger partial charge is 0.389 e. The van der Waals surface area contributed by atoms with Crippen molar-refractivity contribution in [1.82, 2.24) is 4.98 Å². The molecule has 1 aliphatic carbocycles. The van der Waals surface area contributed by atoms with Gasteiger partial charge in [0, 0.05) is 5.57 Å². The second-order valence-electron chi connectivity index (χ2n) is 4.54. The van der Waals surface area contributed by atoms with Crippen LogP contribution >= 0.6 is 11.3 Å². The van der Waals surface area contributed by atoms with Gasteiger partial charge in [-0.25, -0.2) is 4.98 Å². The monoisotopic (exact) mass is 310 g/mol. The Kier molecular flexibility index (Phi) is 3.09. The molecule has 0 fully saturated rings. The van der Waals surface area contributed by atoms with Gasteiger partial charge in [-0.2, -0.15) is 13.2 Å². The molecule has 0 saturated heterocycles. The van der Waals surface area contributed by atoms with Crippen molar-refractivity contribution >= 4 is 27.7 Å². The number of carbonyl (C=O) groups excluding carboxylic acids is 1. The first-order chi connectivity index (χ1) is 9.88. The summed E-state index contributed by atoms with van der Waals surface area (Å²) in [7, 11) is 0. The Hall–Kier alpha value is -2.15. The summed E-state index contributed by atoms with van der Waals surface area (Å²) in [4.78, 5) is 15.7. The molecule has 0 unspecified atom stereocenters. The summed E-state index contributed by atoms with van der Waals surface area (Å²) in [5.74, 6) is -0.521. The lowest BCUT2D eigenvalue weighted by atomic mass is 10.0. The molecule has 0 spiro atoms. The second-order valence-corrected chi connectivity index (χ2v) is 5.57. The quantitative estimate of drug-likeness (QED) is 0.863. The number of hydrogen-bond donors (Lipinski definition) is 1. The number of nitrogen functional groups attached to an aromatic ring is 1. The zero-order valence-corrected chi connectivity index (χ0v) is 11.4. The van der Waals surface area contributed by atoms with Gasteiger partial charge in [-0.15, -0.1) is 0 Å². The molecule has 1 heterocycles. The molecule has 3 rings (SSSR count). The average Bonchev–Trinajstić information content (AvgIpc) is 3.01. The molecule has 1 aliphatic rings. The Bertz CT molecular complexity index is 762. The third-order valence-corrected chi connectivity index (χ3v) is 4.08. The summed E-state index contributed by atoms with van der Waals surface area (Å²) >= 11 is 0.567. The number of fused-ring (bicyclic) bond motifs is 1. The summed E-state index contributed by atoms with van der Waals surface area (Å²) in [5.41, 5.74) is 6.23. The topological polar surface area (TPSA) is 56.0 Å². The molecule has 0 aliphatic heterocycles. The number of anilines is 1. The predicted molar refractivity (Wildman–Crippen MR) is 74.0 cm³/mol. The molecule has 0 atom stereocenters. The maximum Gasteiger partial charge on any atom is 0.436 e. The first-order valence-corrected chi connectivity index (χ1v) is 6.86. The van der Waals surface area contributed by atoms with Crippen molar-refractivity contribution in [3.05, 3.63) is 52.2 Å². The zero-order chi connectivity index (χ0) is 15.2. The molecule has 7 heteroatoms. The Labute approximate surface area is 121 Å². The predicted octanol–water partition coefficient (Wildman–Crippen LogP) is 3.57. The van der Waals surface area contributed by atoms with Gasteiger partial charge >= 0.3 is 6.18 Å². The van der Waals surface area contributed by atoms with E-state index in [0.29, 0.717) is 23.3 Å². The van der Waals surface area contributed by atoms with Crippen LogP contribution in [0.4, 0.5) is 18.2 Å². The van der Waals surface area contributed by atoms with Gasteiger partial charge in [0.15, 0.2) is 10.7 Å². The summed E-state index contributed by atoms with van der Waals surface area (Å²) in [6.45, 7) is 0. The van der Waals surface area contributed by atoms with Crippen LogP contribution in [0.2, 0.25) is 0 Å². The number of allylic oxidation sites excluding steroid dienone is 2. The van der Waals surface area contributed by atoms with Crippen LogP contribution in [-0.2, 0) is 12.6 Å². The lowest BCUT2D eigenvalue weighted by Crippen LogP contribution is -2.09. The van der Waals surface area contributed by atoms with Crippen molar-refractivity contribution in [2.24, 2.45) is 0 Å². The minimum Gasteiger partial charge on any atom is -0.389 e. The summed E-state index contributed by atoms with van der Waals surface area (Å²) in [5, 5.41) is -0.722. The summed E-state index contributed by atoms with van der Waals surface area (Å²) in [6, 6.07) is 7.28. The maximum atomic E-state index is 12.7. The normalized spacial score (nSPS) is 14.0. The van der Waals surface area contributed by atoms with Gasteiger partial charge in [0.25, 0.3) is 0 Å². The highest BCUT2D eigenvalue weighted by Crippen LogP contribution is 2.38. The van der Waals surface area contributed by atoms with E-state index in [1.807, 2.05) is 12.1 Å². The maximum absolute atomic E-state index is 12.7. The van der Waals surface area contributed by atoms with Crippen LogP contribution in [0.1, 0.15) is 26.6 Å². The van der Waals surface area contributed by atoms with Crippen LogP contribution in [0.25, 0.3) is 5.57 Å². The van der Waals surface area contributed by atoms with Crippen molar-refractivity contribution < 1.29 is 18.0 Å². The van der Waals surface area contributed by atoms with E-state index in [1.165, 1.54) is 0 Å². The number of aromatic nitrogens is 1. The molecule has 3 nitrogen and oxygen atoms in total. The van der Waals surface area contributed by atoms with Gasteiger partial charge in [-0.05, 0) is 17.5 Å². The third kappa shape index (κ3) is 2.33. The number of nitrogens with zero attached hydrogens (tertiary/aromatic N) is 1. The van der Waals surface area contributed by atoms with E-state index in [0.717, 1.165) is 11.1 Å². The van der Waals surface area contributed by atoms with Crippen molar-refractivity contribution in [1.29, 1.82) is 0 Å². The summed E-state index contributed by atoms with van der Waals surface area (Å²) < 4.78 is 38.0. The number of alkyl halides is 3. The van der Waals surface area contributed by atoms with E-state index < -0.39 is 22.7 Å². The minimum absolute atomic E-state index is 0.234. The van der Waals surface area contributed by atoms with Crippen molar-refractivity contribution in [3.63, 3.8) is 0 Å². The molecule has 2 aromatic rings. The molecule has 108 valence electrons. The number of hydrogen-bond acceptors (Lipinski definition) is 4. The third-order valence-electron chi connectivity index (χ3n) is 3.19. The van der Waals surface area contributed by atoms with Crippen LogP contribution in [0.5, 0.6) is 0 Å². The number of ketones is 1. The lowest BCUT2D eigenvalue weighted by molar-refractivity contribution is -0.140. The van der Waals surface area contributed by atoms with Gasteiger partial charge in [0.1, 0.15) is 5.00 Å². The molecule has 1 aromatic carbocycles. The Morgan fingerprint density at radius 3 is 2.67 bits per heavy atom. The number of halogens is 3. The van der Waals surface area contributed by atoms with E-state index in [4.69, 9.17) is 5.73 Å². The van der Waals surface area contributed by atoms with Gasteiger partial charge in [-0.1, -0.05) is 41.7 Å². The number of thiazole rings is 1. The number of rotatable bonds is 2. The van der Waals surface area contributed by atoms with Crippen LogP contribution in [0.15, 0.2) is 30.3 Å². The number of carbonyl (C=O) groups is 1. The van der Waals surface area contributed by atoms with Crippen molar-refractivity contribution in [2.45, 2.75) is 12.6 Å². The largest absolute Gasteiger partial charge is 0.436 e. The van der Waals surface area contributed by atoms with Gasteiger partial charge in [0.05, 0.1) is 0 Å². The Morgan fingerprint density at radius 1 is 1.29 bits per heavy atom. The molecule has 0 saturated carbocycles. The first kappa shape index (κ1) is 13.8. The highest BCUT2D eigenvalue weighted by Gasteiger charge is 2.38. The van der Waals surface area contributed by atoms with Gasteiger partial charge < -0.3 is 5.73 Å². The van der Waals surface area contributed by atoms with Crippen LogP contribution in [0.3, 0.4) is 0 Å². The van der Waals surface area contributed by atoms with Crippen molar-refractivity contribution in [2.75, 3.05) is 5.73 Å². The van der Waals surface area contributed by atoms with Crippen LogP contribution < -0.4 is 5.73 Å². The highest BCUT2D eigenvalue weighted by atomic mass is 32.1. The lowest BCUT2D eigenvalue weighted by Gasteiger charge is -2.03. The molecule has 0 bridgehead atoms. The number of nitrogens with two attached hydrogens (primary N) is 1. The zero-order valence-electron chi connectivity index (χ0n) is 10.6. The number of Topliss-reactive ketones (excluding diaryl/α,β-unsaturated/α-hetero) is 1. The Balaban J connectivity index is 1.98. The van der Waals surface area contributed by atoms with E-state index in [-0.39, 0.29) is 5.01 Å². The molecule has 2 N–H and O–H groups in total. The molecule has 0 amide bonds. The van der Waals surface area contributed by atoms with Crippen LogP contribution in [0, 0.1) is 0 Å². The second kappa shape index (κ2) is 4.70. The number of benzene rings is 1. The fraction of sp³-hybridized carbons (Fsp3) is 0.143. The van der Waals surface area contributed by atoms with E-state index >= 15 is 0 Å². The SMILES string of the molecule is Nc1sc(C(=O)C2=CCc3ccccc32)nc1C(F)(F)F. The van der Waals surface area contributed by atoms with Gasteiger partial charge in [-0.3, -0.25) is 4.79 Å². The van der Waals surface area contributed by atoms with Crippen molar-refractivity contribution in [3.8, 4) is 0 Å². The van der Waals surface area contributed by atoms with E-state index in [1.54, 1.807) is 18.2 Å². The van der Waals surface area contributed by atoms with E-state index in [2.05, 4.69) is 4.98 Å².